The smallest absolute Gasteiger partial charge is 0.410 e. The van der Waals surface area contributed by atoms with Crippen molar-refractivity contribution in [1.82, 2.24) is 10.2 Å². The van der Waals surface area contributed by atoms with Crippen LogP contribution in [0.15, 0.2) is 24.3 Å². The second kappa shape index (κ2) is 8.92. The zero-order chi connectivity index (χ0) is 24.6. The maximum absolute atomic E-state index is 12.9. The minimum atomic E-state index is -0.830. The van der Waals surface area contributed by atoms with Crippen LogP contribution < -0.4 is 5.32 Å². The van der Waals surface area contributed by atoms with Gasteiger partial charge in [-0.15, -0.1) is 0 Å². The van der Waals surface area contributed by atoms with Gasteiger partial charge in [0.05, 0.1) is 24.2 Å². The van der Waals surface area contributed by atoms with Crippen LogP contribution >= 0.6 is 0 Å². The molecule has 34 heavy (non-hydrogen) atoms. The van der Waals surface area contributed by atoms with Gasteiger partial charge in [-0.25, -0.2) is 4.79 Å². The molecule has 2 atom stereocenters. The minimum absolute atomic E-state index is 0.0778. The molecule has 3 aliphatic carbocycles. The second-order valence-corrected chi connectivity index (χ2v) is 11.0. The molecule has 1 aromatic rings. The maximum atomic E-state index is 12.9. The number of hydrogen-bond donors (Lipinski definition) is 1. The summed E-state index contributed by atoms with van der Waals surface area (Å²) >= 11 is 0. The first-order chi connectivity index (χ1) is 16.1. The van der Waals surface area contributed by atoms with E-state index in [4.69, 9.17) is 14.7 Å². The van der Waals surface area contributed by atoms with E-state index in [9.17, 15) is 14.9 Å². The molecule has 0 radical (unpaired) electrons. The summed E-state index contributed by atoms with van der Waals surface area (Å²) in [5.41, 5.74) is 1.51. The number of nitrogens with one attached hydrogen (secondary N) is 1. The van der Waals surface area contributed by atoms with Gasteiger partial charge in [-0.05, 0) is 81.4 Å². The van der Waals surface area contributed by atoms with Crippen LogP contribution in [0.25, 0.3) is 0 Å². The normalized spacial score (nSPS) is 28.7. The lowest BCUT2D eigenvalue weighted by Gasteiger charge is -2.72. The molecular formula is C26H32N4O4. The summed E-state index contributed by atoms with van der Waals surface area (Å²) < 4.78 is 11.1. The summed E-state index contributed by atoms with van der Waals surface area (Å²) in [5, 5.41) is 21.6. The lowest BCUT2D eigenvalue weighted by Crippen LogP contribution is -2.66. The van der Waals surface area contributed by atoms with Crippen LogP contribution in [0.4, 0.5) is 4.79 Å². The molecule has 4 fully saturated rings. The molecule has 180 valence electrons. The molecule has 1 aliphatic heterocycles. The van der Waals surface area contributed by atoms with Gasteiger partial charge < -0.3 is 19.7 Å². The molecule has 4 aliphatic rings. The predicted octanol–water partition coefficient (Wildman–Crippen LogP) is 3.40. The van der Waals surface area contributed by atoms with E-state index in [0.717, 1.165) is 19.3 Å². The van der Waals surface area contributed by atoms with Crippen LogP contribution in [-0.4, -0.2) is 54.3 Å². The molecule has 0 aromatic heterocycles. The van der Waals surface area contributed by atoms with Gasteiger partial charge in [-0.3, -0.25) is 4.79 Å². The van der Waals surface area contributed by atoms with Gasteiger partial charge in [-0.1, -0.05) is 12.1 Å². The Balaban J connectivity index is 1.31. The Kier molecular flexibility index (Phi) is 6.31. The summed E-state index contributed by atoms with van der Waals surface area (Å²) in [7, 11) is 0. The van der Waals surface area contributed by atoms with E-state index in [0.29, 0.717) is 31.6 Å². The topological polar surface area (TPSA) is 115 Å². The molecule has 1 aromatic carbocycles. The first-order valence-electron chi connectivity index (χ1n) is 11.9. The lowest BCUT2D eigenvalue weighted by atomic mass is 9.32. The highest BCUT2D eigenvalue weighted by Crippen LogP contribution is 2.75. The van der Waals surface area contributed by atoms with Crippen LogP contribution in [0.5, 0.6) is 0 Å². The summed E-state index contributed by atoms with van der Waals surface area (Å²) in [6.45, 7) is 6.34. The average molecular weight is 465 g/mol. The third kappa shape index (κ3) is 4.88. The molecular weight excluding hydrogens is 432 g/mol. The minimum Gasteiger partial charge on any atom is -0.444 e. The van der Waals surface area contributed by atoms with Crippen molar-refractivity contribution in [3.8, 4) is 12.1 Å². The average Bonchev–Trinajstić information content (AvgIpc) is 3.00. The van der Waals surface area contributed by atoms with Crippen molar-refractivity contribution in [2.24, 2.45) is 5.41 Å². The number of ether oxygens (including phenoxy) is 2. The number of nitriles is 2. The number of nitrogens with zero attached hydrogens (tertiary/aromatic N) is 3. The van der Waals surface area contributed by atoms with Crippen LogP contribution in [0.3, 0.4) is 0 Å². The zero-order valence-electron chi connectivity index (χ0n) is 20.1. The van der Waals surface area contributed by atoms with E-state index in [-0.39, 0.29) is 23.3 Å². The highest BCUT2D eigenvalue weighted by molar-refractivity contribution is 5.82. The maximum Gasteiger partial charge on any atom is 0.410 e. The van der Waals surface area contributed by atoms with E-state index in [1.807, 2.05) is 24.3 Å². The van der Waals surface area contributed by atoms with E-state index < -0.39 is 23.8 Å². The molecule has 5 rings (SSSR count). The summed E-state index contributed by atoms with van der Waals surface area (Å²) in [6, 6.07) is 11.6. The molecule has 2 bridgehead atoms. The SMILES string of the molecule is CC(C)(C)OC(=O)N1CCCO[C@H](C(=O)N[C@H](C#N)CC23CC(c4ccc(C#N)cc4)(C2)C3)C1. The van der Waals surface area contributed by atoms with Crippen LogP contribution in [0.1, 0.15) is 64.0 Å². The summed E-state index contributed by atoms with van der Waals surface area (Å²) in [6.07, 6.45) is 2.91. The summed E-state index contributed by atoms with van der Waals surface area (Å²) in [4.78, 5) is 26.9. The highest BCUT2D eigenvalue weighted by atomic mass is 16.6. The number of rotatable bonds is 5. The monoisotopic (exact) mass is 464 g/mol. The Bertz CT molecular complexity index is 1010. The number of carbonyl (C=O) groups is 2. The van der Waals surface area contributed by atoms with Crippen molar-refractivity contribution in [3.05, 3.63) is 35.4 Å². The first kappa shape index (κ1) is 24.0. The van der Waals surface area contributed by atoms with Crippen LogP contribution in [0.2, 0.25) is 0 Å². The van der Waals surface area contributed by atoms with Gasteiger partial charge in [0.1, 0.15) is 11.6 Å². The molecule has 2 amide bonds. The Labute approximate surface area is 200 Å². The fourth-order valence-corrected chi connectivity index (χ4v) is 5.72. The third-order valence-corrected chi connectivity index (χ3v) is 7.10. The zero-order valence-corrected chi connectivity index (χ0v) is 20.1. The quantitative estimate of drug-likeness (QED) is 0.714. The largest absolute Gasteiger partial charge is 0.444 e. The summed E-state index contributed by atoms with van der Waals surface area (Å²) in [5.74, 6) is -0.365. The molecule has 8 heteroatoms. The molecule has 0 unspecified atom stereocenters. The molecule has 0 spiro atoms. The second-order valence-electron chi connectivity index (χ2n) is 11.0. The fourth-order valence-electron chi connectivity index (χ4n) is 5.72. The van der Waals surface area contributed by atoms with Gasteiger partial charge in [0, 0.05) is 13.2 Å². The predicted molar refractivity (Wildman–Crippen MR) is 123 cm³/mol. The first-order valence-corrected chi connectivity index (χ1v) is 11.9. The van der Waals surface area contributed by atoms with Gasteiger partial charge >= 0.3 is 6.09 Å². The third-order valence-electron chi connectivity index (χ3n) is 7.10. The lowest BCUT2D eigenvalue weighted by molar-refractivity contribution is -0.151. The van der Waals surface area contributed by atoms with Crippen molar-refractivity contribution < 1.29 is 19.1 Å². The Morgan fingerprint density at radius 1 is 1.24 bits per heavy atom. The van der Waals surface area contributed by atoms with Crippen molar-refractivity contribution in [2.75, 3.05) is 19.7 Å². The fraction of sp³-hybridized carbons (Fsp3) is 0.615. The van der Waals surface area contributed by atoms with Gasteiger partial charge in [0.15, 0.2) is 6.10 Å². The standard InChI is InChI=1S/C26H32N4O4/c1-24(2,3)34-23(32)30-9-4-10-33-21(14-30)22(31)29-20(13-28)11-25-15-26(16-25,17-25)19-7-5-18(12-27)6-8-19/h5-8,20-21H,4,9-11,14-17H2,1-3H3,(H,29,31)/t20-,21-,25?,26?/m0/s1. The van der Waals surface area contributed by atoms with Crippen LogP contribution in [-0.2, 0) is 19.7 Å². The van der Waals surface area contributed by atoms with Gasteiger partial charge in [0.25, 0.3) is 5.91 Å². The number of amides is 2. The van der Waals surface area contributed by atoms with Gasteiger partial charge in [0.2, 0.25) is 0 Å². The Hall–Kier alpha value is -3.10. The van der Waals surface area contributed by atoms with Crippen LogP contribution in [0, 0.1) is 28.1 Å². The van der Waals surface area contributed by atoms with Crippen molar-refractivity contribution in [2.45, 2.75) is 76.0 Å². The van der Waals surface area contributed by atoms with E-state index in [1.165, 1.54) is 10.5 Å². The Morgan fingerprint density at radius 3 is 2.50 bits per heavy atom. The van der Waals surface area contributed by atoms with Crippen molar-refractivity contribution in [3.63, 3.8) is 0 Å². The van der Waals surface area contributed by atoms with E-state index >= 15 is 0 Å². The van der Waals surface area contributed by atoms with Crippen molar-refractivity contribution in [1.29, 1.82) is 10.5 Å². The van der Waals surface area contributed by atoms with Gasteiger partial charge in [-0.2, -0.15) is 10.5 Å². The van der Waals surface area contributed by atoms with Crippen molar-refractivity contribution >= 4 is 12.0 Å². The van der Waals surface area contributed by atoms with E-state index in [2.05, 4.69) is 17.5 Å². The molecule has 1 heterocycles. The number of benzene rings is 1. The van der Waals surface area contributed by atoms with E-state index in [1.54, 1.807) is 20.8 Å². The molecule has 1 N–H and O–H groups in total. The molecule has 3 saturated carbocycles. The number of hydrogen-bond acceptors (Lipinski definition) is 6. The highest BCUT2D eigenvalue weighted by Gasteiger charge is 2.68. The molecule has 1 saturated heterocycles. The Morgan fingerprint density at radius 2 is 1.91 bits per heavy atom. The molecule has 8 nitrogen and oxygen atoms in total. The number of carbonyl (C=O) groups excluding carboxylic acids is 2.